The predicted molar refractivity (Wildman–Crippen MR) is 76.9 cm³/mol. The minimum Gasteiger partial charge on any atom is -0.388 e. The van der Waals surface area contributed by atoms with Gasteiger partial charge in [-0.1, -0.05) is 18.2 Å². The van der Waals surface area contributed by atoms with E-state index < -0.39 is 6.10 Å². The zero-order valence-electron chi connectivity index (χ0n) is 9.41. The van der Waals surface area contributed by atoms with Gasteiger partial charge in [0, 0.05) is 15.4 Å². The molecule has 0 saturated carbocycles. The highest BCUT2D eigenvalue weighted by Crippen LogP contribution is 2.27. The Morgan fingerprint density at radius 2 is 1.67 bits per heavy atom. The van der Waals surface area contributed by atoms with E-state index in [9.17, 15) is 9.50 Å². The lowest BCUT2D eigenvalue weighted by Gasteiger charge is -2.12. The monoisotopic (exact) mass is 372 g/mol. The molecule has 0 heterocycles. The summed E-state index contributed by atoms with van der Waals surface area (Å²) in [7, 11) is 0. The van der Waals surface area contributed by atoms with Crippen LogP contribution in [0, 0.1) is 5.82 Å². The molecule has 0 aliphatic rings. The third-order valence-corrected chi connectivity index (χ3v) is 4.55. The first-order chi connectivity index (χ1) is 8.56. The third kappa shape index (κ3) is 3.40. The molecule has 94 valence electrons. The second-order valence-electron chi connectivity index (χ2n) is 4.02. The second-order valence-corrected chi connectivity index (χ2v) is 5.73. The molecule has 0 aliphatic carbocycles. The molecule has 2 aromatic carbocycles. The summed E-state index contributed by atoms with van der Waals surface area (Å²) in [4.78, 5) is 0. The number of aliphatic hydroxyl groups excluding tert-OH is 1. The van der Waals surface area contributed by atoms with E-state index in [-0.39, 0.29) is 5.82 Å². The van der Waals surface area contributed by atoms with E-state index in [0.29, 0.717) is 6.42 Å². The van der Waals surface area contributed by atoms with Crippen LogP contribution in [-0.2, 0) is 6.42 Å². The lowest BCUT2D eigenvalue weighted by Crippen LogP contribution is -2.01. The number of benzene rings is 2. The van der Waals surface area contributed by atoms with Gasteiger partial charge in [-0.05, 0) is 67.3 Å². The molecule has 0 spiro atoms. The van der Waals surface area contributed by atoms with Crippen LogP contribution in [0.4, 0.5) is 4.39 Å². The summed E-state index contributed by atoms with van der Waals surface area (Å²) in [5.41, 5.74) is 1.73. The Morgan fingerprint density at radius 1 is 1.00 bits per heavy atom. The van der Waals surface area contributed by atoms with Gasteiger partial charge >= 0.3 is 0 Å². The molecule has 0 fully saturated rings. The largest absolute Gasteiger partial charge is 0.388 e. The average molecular weight is 374 g/mol. The molecule has 18 heavy (non-hydrogen) atoms. The van der Waals surface area contributed by atoms with Gasteiger partial charge in [0.15, 0.2) is 0 Å². The molecule has 0 amide bonds. The molecule has 1 atom stereocenters. The first kappa shape index (κ1) is 13.7. The Bertz CT molecular complexity index is 540. The van der Waals surface area contributed by atoms with E-state index in [1.54, 1.807) is 12.1 Å². The summed E-state index contributed by atoms with van der Waals surface area (Å²) in [6.45, 7) is 0. The SMILES string of the molecule is OC(Cc1ccc(F)cc1)c1ccc(Br)c(Br)c1. The maximum atomic E-state index is 12.8. The van der Waals surface area contributed by atoms with Crippen LogP contribution in [0.2, 0.25) is 0 Å². The molecule has 2 aromatic rings. The normalized spacial score (nSPS) is 12.4. The number of hydrogen-bond acceptors (Lipinski definition) is 1. The smallest absolute Gasteiger partial charge is 0.123 e. The second kappa shape index (κ2) is 5.95. The first-order valence-electron chi connectivity index (χ1n) is 5.44. The van der Waals surface area contributed by atoms with Crippen LogP contribution >= 0.6 is 31.9 Å². The van der Waals surface area contributed by atoms with Gasteiger partial charge in [0.2, 0.25) is 0 Å². The van der Waals surface area contributed by atoms with Crippen molar-refractivity contribution in [2.24, 2.45) is 0 Å². The summed E-state index contributed by atoms with van der Waals surface area (Å²) in [5, 5.41) is 10.1. The number of halogens is 3. The zero-order chi connectivity index (χ0) is 13.1. The van der Waals surface area contributed by atoms with Crippen molar-refractivity contribution in [3.05, 3.63) is 68.4 Å². The van der Waals surface area contributed by atoms with Gasteiger partial charge in [-0.25, -0.2) is 4.39 Å². The maximum Gasteiger partial charge on any atom is 0.123 e. The third-order valence-electron chi connectivity index (χ3n) is 2.67. The Morgan fingerprint density at radius 3 is 2.28 bits per heavy atom. The number of aliphatic hydroxyl groups is 1. The predicted octanol–water partition coefficient (Wildman–Crippen LogP) is 4.63. The highest BCUT2D eigenvalue weighted by Gasteiger charge is 2.10. The van der Waals surface area contributed by atoms with E-state index in [2.05, 4.69) is 31.9 Å². The Labute approximate surface area is 122 Å². The standard InChI is InChI=1S/C14H11Br2FO/c15-12-6-3-10(8-13(12)16)14(18)7-9-1-4-11(17)5-2-9/h1-6,8,14,18H,7H2. The summed E-state index contributed by atoms with van der Waals surface area (Å²) in [6, 6.07) is 11.8. The molecular formula is C14H11Br2FO. The molecule has 0 bridgehead atoms. The van der Waals surface area contributed by atoms with Gasteiger partial charge in [-0.3, -0.25) is 0 Å². The van der Waals surface area contributed by atoms with Crippen LogP contribution in [-0.4, -0.2) is 5.11 Å². The number of rotatable bonds is 3. The lowest BCUT2D eigenvalue weighted by molar-refractivity contribution is 0.178. The average Bonchev–Trinajstić information content (AvgIpc) is 2.35. The molecular weight excluding hydrogens is 363 g/mol. The summed E-state index contributed by atoms with van der Waals surface area (Å²) < 4.78 is 14.6. The molecule has 0 aromatic heterocycles. The van der Waals surface area contributed by atoms with Gasteiger partial charge in [0.25, 0.3) is 0 Å². The van der Waals surface area contributed by atoms with Crippen molar-refractivity contribution in [2.45, 2.75) is 12.5 Å². The molecule has 4 heteroatoms. The summed E-state index contributed by atoms with van der Waals surface area (Å²) in [5.74, 6) is -0.264. The minimum atomic E-state index is -0.597. The van der Waals surface area contributed by atoms with E-state index in [1.165, 1.54) is 12.1 Å². The van der Waals surface area contributed by atoms with Crippen molar-refractivity contribution >= 4 is 31.9 Å². The summed E-state index contributed by atoms with van der Waals surface area (Å²) >= 11 is 6.78. The molecule has 1 nitrogen and oxygen atoms in total. The van der Waals surface area contributed by atoms with E-state index in [0.717, 1.165) is 20.1 Å². The molecule has 0 radical (unpaired) electrons. The Kier molecular flexibility index (Phi) is 4.54. The van der Waals surface area contributed by atoms with Crippen molar-refractivity contribution in [3.8, 4) is 0 Å². The van der Waals surface area contributed by atoms with Gasteiger partial charge < -0.3 is 5.11 Å². The lowest BCUT2D eigenvalue weighted by atomic mass is 10.0. The summed E-state index contributed by atoms with van der Waals surface area (Å²) in [6.07, 6.45) is -0.131. The van der Waals surface area contributed by atoms with Crippen LogP contribution in [0.25, 0.3) is 0 Å². The van der Waals surface area contributed by atoms with Crippen LogP contribution in [0.3, 0.4) is 0 Å². The minimum absolute atomic E-state index is 0.264. The van der Waals surface area contributed by atoms with E-state index in [1.807, 2.05) is 18.2 Å². The van der Waals surface area contributed by atoms with Crippen molar-refractivity contribution in [2.75, 3.05) is 0 Å². The highest BCUT2D eigenvalue weighted by atomic mass is 79.9. The fraction of sp³-hybridized carbons (Fsp3) is 0.143. The molecule has 0 saturated heterocycles. The van der Waals surface area contributed by atoms with Crippen LogP contribution in [0.1, 0.15) is 17.2 Å². The van der Waals surface area contributed by atoms with Crippen LogP contribution in [0.5, 0.6) is 0 Å². The number of hydrogen-bond donors (Lipinski definition) is 1. The Hall–Kier alpha value is -0.710. The quantitative estimate of drug-likeness (QED) is 0.831. The van der Waals surface area contributed by atoms with Gasteiger partial charge in [-0.2, -0.15) is 0 Å². The molecule has 1 unspecified atom stereocenters. The zero-order valence-corrected chi connectivity index (χ0v) is 12.6. The van der Waals surface area contributed by atoms with Crippen molar-refractivity contribution < 1.29 is 9.50 Å². The van der Waals surface area contributed by atoms with E-state index in [4.69, 9.17) is 0 Å². The molecule has 0 aliphatic heterocycles. The van der Waals surface area contributed by atoms with Crippen LogP contribution in [0.15, 0.2) is 51.4 Å². The van der Waals surface area contributed by atoms with Gasteiger partial charge in [-0.15, -0.1) is 0 Å². The van der Waals surface area contributed by atoms with Gasteiger partial charge in [0.1, 0.15) is 5.82 Å². The van der Waals surface area contributed by atoms with Crippen LogP contribution < -0.4 is 0 Å². The first-order valence-corrected chi connectivity index (χ1v) is 7.02. The van der Waals surface area contributed by atoms with Crippen molar-refractivity contribution in [1.29, 1.82) is 0 Å². The van der Waals surface area contributed by atoms with Crippen molar-refractivity contribution in [1.82, 2.24) is 0 Å². The highest BCUT2D eigenvalue weighted by molar-refractivity contribution is 9.13. The fourth-order valence-electron chi connectivity index (χ4n) is 1.68. The maximum absolute atomic E-state index is 12.8. The topological polar surface area (TPSA) is 20.2 Å². The molecule has 1 N–H and O–H groups in total. The molecule has 2 rings (SSSR count). The fourth-order valence-corrected chi connectivity index (χ4v) is 2.32. The van der Waals surface area contributed by atoms with Gasteiger partial charge in [0.05, 0.1) is 6.10 Å². The van der Waals surface area contributed by atoms with Crippen molar-refractivity contribution in [3.63, 3.8) is 0 Å². The Balaban J connectivity index is 2.13. The van der Waals surface area contributed by atoms with E-state index >= 15 is 0 Å².